The molecule has 0 aliphatic carbocycles. The molecular weight excluding hydrogens is 408 g/mol. The molecule has 29 heavy (non-hydrogen) atoms. The molecule has 5 rings (SSSR count). The molecule has 0 bridgehead atoms. The second-order valence-electron chi connectivity index (χ2n) is 7.16. The van der Waals surface area contributed by atoms with Gasteiger partial charge in [-0.05, 0) is 54.8 Å². The molecule has 146 valence electrons. The number of thiophene rings is 1. The molecule has 2 aromatic carbocycles. The number of carbonyl (C=O) groups excluding carboxylic acids is 2. The summed E-state index contributed by atoms with van der Waals surface area (Å²) in [7, 11) is 0. The summed E-state index contributed by atoms with van der Waals surface area (Å²) >= 11 is 7.57. The van der Waals surface area contributed by atoms with Crippen molar-refractivity contribution >= 4 is 46.1 Å². The molecule has 7 heteroatoms. The Bertz CT molecular complexity index is 1070. The van der Waals surface area contributed by atoms with Gasteiger partial charge in [-0.3, -0.25) is 14.4 Å². The highest BCUT2D eigenvalue weighted by Gasteiger charge is 2.60. The van der Waals surface area contributed by atoms with Crippen LogP contribution in [0.15, 0.2) is 66.0 Å². The molecule has 0 N–H and O–H groups in total. The third-order valence-electron chi connectivity index (χ3n) is 5.32. The van der Waals surface area contributed by atoms with Crippen LogP contribution < -0.4 is 9.96 Å². The Balaban J connectivity index is 1.56. The van der Waals surface area contributed by atoms with Crippen LogP contribution in [-0.2, 0) is 14.4 Å². The average molecular weight is 425 g/mol. The van der Waals surface area contributed by atoms with E-state index < -0.39 is 12.0 Å². The lowest BCUT2D eigenvalue weighted by atomic mass is 9.95. The smallest absolute Gasteiger partial charge is 0.266 e. The molecule has 5 nitrogen and oxygen atoms in total. The SMILES string of the molecule is Cc1ccc(N2C(=O)[C@H]3[C@H](ON(c4ccc(Cl)cc4)[C@@H]3c3cccs3)C2=O)cc1. The zero-order chi connectivity index (χ0) is 20.1. The molecule has 0 spiro atoms. The number of carbonyl (C=O) groups is 2. The molecule has 0 saturated carbocycles. The van der Waals surface area contributed by atoms with E-state index in [1.807, 2.05) is 48.7 Å². The monoisotopic (exact) mass is 424 g/mol. The van der Waals surface area contributed by atoms with Crippen molar-refractivity contribution in [3.8, 4) is 0 Å². The molecule has 0 radical (unpaired) electrons. The van der Waals surface area contributed by atoms with Gasteiger partial charge >= 0.3 is 0 Å². The van der Waals surface area contributed by atoms with Gasteiger partial charge in [0.15, 0.2) is 6.10 Å². The minimum absolute atomic E-state index is 0.237. The topological polar surface area (TPSA) is 49.9 Å². The van der Waals surface area contributed by atoms with Crippen LogP contribution in [0.1, 0.15) is 16.5 Å². The Labute approximate surface area is 177 Å². The van der Waals surface area contributed by atoms with Crippen LogP contribution >= 0.6 is 22.9 Å². The number of hydrogen-bond donors (Lipinski definition) is 0. The van der Waals surface area contributed by atoms with Crippen LogP contribution in [0.5, 0.6) is 0 Å². The van der Waals surface area contributed by atoms with Crippen molar-refractivity contribution in [2.45, 2.75) is 19.1 Å². The Kier molecular flexibility index (Phi) is 4.42. The number of benzene rings is 2. The van der Waals surface area contributed by atoms with Crippen LogP contribution in [0.3, 0.4) is 0 Å². The second-order valence-corrected chi connectivity index (χ2v) is 8.58. The van der Waals surface area contributed by atoms with E-state index in [1.54, 1.807) is 40.7 Å². The van der Waals surface area contributed by atoms with Crippen molar-refractivity contribution in [2.24, 2.45) is 5.92 Å². The predicted octanol–water partition coefficient (Wildman–Crippen LogP) is 4.76. The number of hydrogen-bond acceptors (Lipinski definition) is 5. The maximum absolute atomic E-state index is 13.4. The summed E-state index contributed by atoms with van der Waals surface area (Å²) in [5, 5.41) is 4.25. The Hall–Kier alpha value is -2.67. The summed E-state index contributed by atoms with van der Waals surface area (Å²) < 4.78 is 0. The van der Waals surface area contributed by atoms with Gasteiger partial charge in [0.1, 0.15) is 12.0 Å². The minimum Gasteiger partial charge on any atom is -0.273 e. The molecule has 2 aliphatic heterocycles. The highest BCUT2D eigenvalue weighted by molar-refractivity contribution is 7.10. The molecule has 2 amide bonds. The lowest BCUT2D eigenvalue weighted by Crippen LogP contribution is -2.37. The Morgan fingerprint density at radius 1 is 0.931 bits per heavy atom. The first kappa shape index (κ1) is 18.4. The number of halogens is 1. The summed E-state index contributed by atoms with van der Waals surface area (Å²) in [6, 6.07) is 18.1. The van der Waals surface area contributed by atoms with Gasteiger partial charge in [0.25, 0.3) is 5.91 Å². The predicted molar refractivity (Wildman–Crippen MR) is 113 cm³/mol. The molecule has 3 heterocycles. The number of aryl methyl sites for hydroxylation is 1. The van der Waals surface area contributed by atoms with Gasteiger partial charge in [-0.1, -0.05) is 35.4 Å². The molecule has 0 unspecified atom stereocenters. The largest absolute Gasteiger partial charge is 0.273 e. The highest BCUT2D eigenvalue weighted by Crippen LogP contribution is 2.48. The van der Waals surface area contributed by atoms with E-state index >= 15 is 0 Å². The van der Waals surface area contributed by atoms with E-state index in [0.717, 1.165) is 16.1 Å². The lowest BCUT2D eigenvalue weighted by molar-refractivity contribution is -0.126. The number of amides is 2. The first-order valence-electron chi connectivity index (χ1n) is 9.24. The quantitative estimate of drug-likeness (QED) is 0.569. The standard InChI is InChI=1S/C22H17ClN2O3S/c1-13-4-8-15(9-5-13)24-21(26)18-19(17-3-2-12-29-17)25(28-20(18)22(24)27)16-10-6-14(23)7-11-16/h2-12,18-20H,1H3/t18-,19-,20+/m1/s1. The third-order valence-corrected chi connectivity index (χ3v) is 6.52. The van der Waals surface area contributed by atoms with Crippen molar-refractivity contribution in [1.82, 2.24) is 0 Å². The molecule has 1 aromatic heterocycles. The zero-order valence-corrected chi connectivity index (χ0v) is 17.1. The maximum atomic E-state index is 13.4. The summed E-state index contributed by atoms with van der Waals surface area (Å²) in [5.41, 5.74) is 2.39. The molecule has 3 aromatic rings. The zero-order valence-electron chi connectivity index (χ0n) is 15.5. The van der Waals surface area contributed by atoms with Gasteiger partial charge in [-0.2, -0.15) is 0 Å². The molecule has 2 aliphatic rings. The van der Waals surface area contributed by atoms with E-state index in [0.29, 0.717) is 10.7 Å². The van der Waals surface area contributed by atoms with Gasteiger partial charge in [-0.15, -0.1) is 11.3 Å². The van der Waals surface area contributed by atoms with Gasteiger partial charge in [0, 0.05) is 9.90 Å². The summed E-state index contributed by atoms with van der Waals surface area (Å²) in [4.78, 5) is 34.9. The fourth-order valence-electron chi connectivity index (χ4n) is 3.92. The van der Waals surface area contributed by atoms with Crippen LogP contribution in [-0.4, -0.2) is 17.9 Å². The van der Waals surface area contributed by atoms with Gasteiger partial charge in [0.2, 0.25) is 5.91 Å². The number of imide groups is 1. The van der Waals surface area contributed by atoms with Crippen LogP contribution in [0, 0.1) is 12.8 Å². The number of hydroxylamine groups is 1. The molecule has 2 saturated heterocycles. The van der Waals surface area contributed by atoms with E-state index in [-0.39, 0.29) is 17.9 Å². The number of nitrogens with zero attached hydrogens (tertiary/aromatic N) is 2. The minimum atomic E-state index is -0.855. The molecular formula is C22H17ClN2O3S. The first-order chi connectivity index (χ1) is 14.0. The second kappa shape index (κ2) is 6.99. The average Bonchev–Trinajstić information content (AvgIpc) is 3.41. The van der Waals surface area contributed by atoms with Gasteiger partial charge < -0.3 is 0 Å². The van der Waals surface area contributed by atoms with E-state index in [1.165, 1.54) is 4.90 Å². The summed E-state index contributed by atoms with van der Waals surface area (Å²) in [6.07, 6.45) is -0.855. The molecule has 2 fully saturated rings. The molecule has 3 atom stereocenters. The normalized spacial score (nSPS) is 23.7. The van der Waals surface area contributed by atoms with Crippen molar-refractivity contribution in [1.29, 1.82) is 0 Å². The van der Waals surface area contributed by atoms with Gasteiger partial charge in [-0.25, -0.2) is 9.96 Å². The fourth-order valence-corrected chi connectivity index (χ4v) is 4.90. The fraction of sp³-hybridized carbons (Fsp3) is 0.182. The van der Waals surface area contributed by atoms with Crippen molar-refractivity contribution in [2.75, 3.05) is 9.96 Å². The van der Waals surface area contributed by atoms with E-state index in [4.69, 9.17) is 16.4 Å². The van der Waals surface area contributed by atoms with E-state index in [9.17, 15) is 9.59 Å². The van der Waals surface area contributed by atoms with Crippen LogP contribution in [0.25, 0.3) is 0 Å². The van der Waals surface area contributed by atoms with Crippen LogP contribution in [0.4, 0.5) is 11.4 Å². The first-order valence-corrected chi connectivity index (χ1v) is 10.5. The number of rotatable bonds is 3. The number of fused-ring (bicyclic) bond motifs is 1. The number of anilines is 2. The van der Waals surface area contributed by atoms with Crippen molar-refractivity contribution in [3.05, 3.63) is 81.5 Å². The Morgan fingerprint density at radius 2 is 1.62 bits per heavy atom. The van der Waals surface area contributed by atoms with Crippen LogP contribution in [0.2, 0.25) is 5.02 Å². The van der Waals surface area contributed by atoms with Crippen molar-refractivity contribution in [3.63, 3.8) is 0 Å². The van der Waals surface area contributed by atoms with Gasteiger partial charge in [0.05, 0.1) is 11.4 Å². The third kappa shape index (κ3) is 2.95. The lowest BCUT2D eigenvalue weighted by Gasteiger charge is -2.27. The summed E-state index contributed by atoms with van der Waals surface area (Å²) in [6.45, 7) is 1.96. The summed E-state index contributed by atoms with van der Waals surface area (Å²) in [5.74, 6) is -1.18. The van der Waals surface area contributed by atoms with E-state index in [2.05, 4.69) is 0 Å². The van der Waals surface area contributed by atoms with Crippen molar-refractivity contribution < 1.29 is 14.4 Å². The highest BCUT2D eigenvalue weighted by atomic mass is 35.5. The Morgan fingerprint density at radius 3 is 2.28 bits per heavy atom. The maximum Gasteiger partial charge on any atom is 0.266 e.